The van der Waals surface area contributed by atoms with Crippen LogP contribution in [0.25, 0.3) is 0 Å². The van der Waals surface area contributed by atoms with Gasteiger partial charge in [-0.25, -0.2) is 8.42 Å². The molecular weight excluding hydrogens is 425 g/mol. The molecule has 1 amide bonds. The van der Waals surface area contributed by atoms with E-state index >= 15 is 0 Å². The number of nitrogens with one attached hydrogen (secondary N) is 1. The first kappa shape index (κ1) is 20.4. The van der Waals surface area contributed by atoms with Gasteiger partial charge in [0.2, 0.25) is 15.9 Å². The number of rotatable bonds is 4. The minimum atomic E-state index is -3.67. The highest BCUT2D eigenvalue weighted by Crippen LogP contribution is 2.34. The third-order valence-corrected chi connectivity index (χ3v) is 8.51. The van der Waals surface area contributed by atoms with Crippen molar-refractivity contribution in [3.63, 3.8) is 0 Å². The number of hydrogen-bond acceptors (Lipinski definition) is 5. The number of benzene rings is 1. The molecule has 0 bridgehead atoms. The molecule has 3 heterocycles. The van der Waals surface area contributed by atoms with Gasteiger partial charge in [0.05, 0.1) is 33.3 Å². The first-order chi connectivity index (χ1) is 13.3. The van der Waals surface area contributed by atoms with Crippen LogP contribution in [-0.4, -0.2) is 68.1 Å². The molecule has 1 spiro atoms. The first-order valence-electron chi connectivity index (χ1n) is 9.44. The number of amides is 1. The fraction of sp³-hybridized carbons (Fsp3) is 0.611. The van der Waals surface area contributed by atoms with E-state index in [1.54, 1.807) is 0 Å². The molecule has 28 heavy (non-hydrogen) atoms. The Hall–Kier alpha value is -0.900. The predicted molar refractivity (Wildman–Crippen MR) is 106 cm³/mol. The van der Waals surface area contributed by atoms with E-state index in [0.29, 0.717) is 37.5 Å². The zero-order chi connectivity index (χ0) is 19.9. The summed E-state index contributed by atoms with van der Waals surface area (Å²) in [6, 6.07) is 4.34. The molecule has 1 atom stereocenters. The summed E-state index contributed by atoms with van der Waals surface area (Å²) >= 11 is 11.9. The molecule has 1 N–H and O–H groups in total. The molecule has 0 saturated carbocycles. The maximum absolute atomic E-state index is 13.0. The number of carbonyl (C=O) groups is 1. The van der Waals surface area contributed by atoms with Crippen LogP contribution in [0.3, 0.4) is 0 Å². The maximum Gasteiger partial charge on any atom is 0.243 e. The molecule has 0 unspecified atom stereocenters. The standard InChI is InChI=1S/C18H23Cl2N3O4S/c19-15-4-3-14(10-16(15)20)28(25,26)22-7-5-18(6-8-22)21-11-17(24)23(18)12-13-2-1-9-27-13/h3-4,10,13,21H,1-2,5-9,11-12H2/t13-/m0/s1. The molecule has 1 aromatic rings. The number of carbonyl (C=O) groups excluding carboxylic acids is 1. The Bertz CT molecular complexity index is 866. The van der Waals surface area contributed by atoms with E-state index in [-0.39, 0.29) is 28.5 Å². The van der Waals surface area contributed by atoms with Gasteiger partial charge in [0.1, 0.15) is 0 Å². The van der Waals surface area contributed by atoms with Crippen molar-refractivity contribution in [1.82, 2.24) is 14.5 Å². The van der Waals surface area contributed by atoms with Crippen molar-refractivity contribution in [2.45, 2.75) is 42.3 Å². The molecule has 3 aliphatic rings. The zero-order valence-electron chi connectivity index (χ0n) is 15.4. The third-order valence-electron chi connectivity index (χ3n) is 5.88. The smallest absolute Gasteiger partial charge is 0.243 e. The lowest BCUT2D eigenvalue weighted by atomic mass is 9.97. The molecule has 3 aliphatic heterocycles. The molecule has 3 fully saturated rings. The van der Waals surface area contributed by atoms with Crippen molar-refractivity contribution in [1.29, 1.82) is 0 Å². The van der Waals surface area contributed by atoms with Crippen molar-refractivity contribution in [2.24, 2.45) is 0 Å². The van der Waals surface area contributed by atoms with Gasteiger partial charge in [-0.1, -0.05) is 23.2 Å². The predicted octanol–water partition coefficient (Wildman–Crippen LogP) is 2.09. The maximum atomic E-state index is 13.0. The number of piperidine rings is 1. The van der Waals surface area contributed by atoms with Gasteiger partial charge in [0, 0.05) is 26.2 Å². The van der Waals surface area contributed by atoms with E-state index in [1.165, 1.54) is 22.5 Å². The summed E-state index contributed by atoms with van der Waals surface area (Å²) in [5, 5.41) is 3.86. The van der Waals surface area contributed by atoms with Crippen molar-refractivity contribution in [2.75, 3.05) is 32.8 Å². The van der Waals surface area contributed by atoms with Gasteiger partial charge < -0.3 is 9.64 Å². The lowest BCUT2D eigenvalue weighted by molar-refractivity contribution is -0.133. The number of ether oxygens (including phenoxy) is 1. The monoisotopic (exact) mass is 447 g/mol. The molecule has 154 valence electrons. The second kappa shape index (κ2) is 7.74. The van der Waals surface area contributed by atoms with Crippen molar-refractivity contribution >= 4 is 39.1 Å². The number of nitrogens with zero attached hydrogens (tertiary/aromatic N) is 2. The first-order valence-corrected chi connectivity index (χ1v) is 11.6. The molecule has 0 aliphatic carbocycles. The van der Waals surface area contributed by atoms with Crippen LogP contribution in [0.15, 0.2) is 23.1 Å². The summed E-state index contributed by atoms with van der Waals surface area (Å²) in [5.41, 5.74) is -0.493. The Balaban J connectivity index is 1.48. The number of hydrogen-bond donors (Lipinski definition) is 1. The van der Waals surface area contributed by atoms with Crippen LogP contribution in [0.1, 0.15) is 25.7 Å². The second-order valence-electron chi connectivity index (χ2n) is 7.50. The Morgan fingerprint density at radius 3 is 2.61 bits per heavy atom. The van der Waals surface area contributed by atoms with E-state index in [2.05, 4.69) is 5.32 Å². The van der Waals surface area contributed by atoms with E-state index < -0.39 is 15.7 Å². The topological polar surface area (TPSA) is 79.0 Å². The molecule has 10 heteroatoms. The highest BCUT2D eigenvalue weighted by Gasteiger charge is 2.49. The molecule has 0 aromatic heterocycles. The van der Waals surface area contributed by atoms with Gasteiger partial charge in [0.25, 0.3) is 0 Å². The fourth-order valence-corrected chi connectivity index (χ4v) is 6.10. The lowest BCUT2D eigenvalue weighted by Gasteiger charge is -2.44. The highest BCUT2D eigenvalue weighted by molar-refractivity contribution is 7.89. The lowest BCUT2D eigenvalue weighted by Crippen LogP contribution is -2.60. The van der Waals surface area contributed by atoms with Gasteiger partial charge in [-0.15, -0.1) is 0 Å². The van der Waals surface area contributed by atoms with Crippen LogP contribution < -0.4 is 5.32 Å². The van der Waals surface area contributed by atoms with Crippen LogP contribution in [-0.2, 0) is 19.6 Å². The average molecular weight is 448 g/mol. The van der Waals surface area contributed by atoms with Crippen molar-refractivity contribution in [3.05, 3.63) is 28.2 Å². The van der Waals surface area contributed by atoms with Gasteiger partial charge in [0.15, 0.2) is 0 Å². The summed E-state index contributed by atoms with van der Waals surface area (Å²) in [7, 11) is -3.67. The summed E-state index contributed by atoms with van der Waals surface area (Å²) in [5.74, 6) is 0.0521. The van der Waals surface area contributed by atoms with Gasteiger partial charge in [-0.3, -0.25) is 10.1 Å². The molecule has 0 radical (unpaired) electrons. The minimum absolute atomic E-state index is 0.0521. The zero-order valence-corrected chi connectivity index (χ0v) is 17.7. The molecule has 7 nitrogen and oxygen atoms in total. The van der Waals surface area contributed by atoms with Crippen LogP contribution in [0, 0.1) is 0 Å². The normalized spacial score (nSPS) is 25.7. The van der Waals surface area contributed by atoms with Crippen molar-refractivity contribution < 1.29 is 17.9 Å². The Morgan fingerprint density at radius 2 is 1.96 bits per heavy atom. The third kappa shape index (κ3) is 3.66. The van der Waals surface area contributed by atoms with Crippen LogP contribution >= 0.6 is 23.2 Å². The summed E-state index contributed by atoms with van der Waals surface area (Å²) in [6.45, 7) is 2.23. The number of sulfonamides is 1. The van der Waals surface area contributed by atoms with Crippen LogP contribution in [0.2, 0.25) is 10.0 Å². The summed E-state index contributed by atoms with van der Waals surface area (Å²) in [6.07, 6.45) is 3.11. The van der Waals surface area contributed by atoms with Crippen LogP contribution in [0.5, 0.6) is 0 Å². The highest BCUT2D eigenvalue weighted by atomic mass is 35.5. The Kier molecular flexibility index (Phi) is 5.63. The van der Waals surface area contributed by atoms with Crippen molar-refractivity contribution in [3.8, 4) is 0 Å². The summed E-state index contributed by atoms with van der Waals surface area (Å²) < 4.78 is 33.1. The van der Waals surface area contributed by atoms with E-state index in [9.17, 15) is 13.2 Å². The second-order valence-corrected chi connectivity index (χ2v) is 10.3. The average Bonchev–Trinajstić information content (AvgIpc) is 3.29. The fourth-order valence-electron chi connectivity index (χ4n) is 4.27. The summed E-state index contributed by atoms with van der Waals surface area (Å²) in [4.78, 5) is 14.4. The van der Waals surface area contributed by atoms with Crippen LogP contribution in [0.4, 0.5) is 0 Å². The van der Waals surface area contributed by atoms with Gasteiger partial charge in [-0.2, -0.15) is 4.31 Å². The minimum Gasteiger partial charge on any atom is -0.376 e. The SMILES string of the molecule is O=C1CNC2(CCN(S(=O)(=O)c3ccc(Cl)c(Cl)c3)CC2)N1C[C@@H]1CCCO1. The van der Waals surface area contributed by atoms with E-state index in [4.69, 9.17) is 27.9 Å². The molecular formula is C18H23Cl2N3O4S. The Labute approximate surface area is 175 Å². The Morgan fingerprint density at radius 1 is 1.21 bits per heavy atom. The quantitative estimate of drug-likeness (QED) is 0.763. The molecule has 3 saturated heterocycles. The van der Waals surface area contributed by atoms with E-state index in [0.717, 1.165) is 19.4 Å². The van der Waals surface area contributed by atoms with Gasteiger partial charge in [-0.05, 0) is 43.9 Å². The molecule has 4 rings (SSSR count). The molecule has 1 aromatic carbocycles. The van der Waals surface area contributed by atoms with Gasteiger partial charge >= 0.3 is 0 Å². The number of halogens is 2. The largest absolute Gasteiger partial charge is 0.376 e. The van der Waals surface area contributed by atoms with E-state index in [1.807, 2.05) is 4.90 Å².